The van der Waals surface area contributed by atoms with Gasteiger partial charge in [-0.05, 0) is 26.8 Å². The third kappa shape index (κ3) is 6.33. The third-order valence-corrected chi connectivity index (χ3v) is 2.06. The first-order valence-electron chi connectivity index (χ1n) is 6.02. The number of hydrogen-bond acceptors (Lipinski definition) is 4. The van der Waals surface area contributed by atoms with Crippen molar-refractivity contribution in [1.82, 2.24) is 10.9 Å². The fourth-order valence-electron chi connectivity index (χ4n) is 1.38. The molecule has 1 aromatic carbocycles. The van der Waals surface area contributed by atoms with Crippen LogP contribution in [0.15, 0.2) is 24.3 Å². The van der Waals surface area contributed by atoms with Gasteiger partial charge in [-0.15, -0.1) is 0 Å². The van der Waals surface area contributed by atoms with Crippen molar-refractivity contribution in [3.05, 3.63) is 29.8 Å². The van der Waals surface area contributed by atoms with E-state index in [0.29, 0.717) is 5.56 Å². The van der Waals surface area contributed by atoms with Gasteiger partial charge in [0.15, 0.2) is 0 Å². The molecule has 0 radical (unpaired) electrons. The minimum absolute atomic E-state index is 0.0565. The van der Waals surface area contributed by atoms with Gasteiger partial charge in [-0.2, -0.15) is 8.78 Å². The third-order valence-electron chi connectivity index (χ3n) is 2.06. The van der Waals surface area contributed by atoms with Gasteiger partial charge in [-0.25, -0.2) is 10.2 Å². The molecule has 0 spiro atoms. The van der Waals surface area contributed by atoms with Crippen LogP contribution in [-0.2, 0) is 11.3 Å². The van der Waals surface area contributed by atoms with Gasteiger partial charge in [0.25, 0.3) is 0 Å². The summed E-state index contributed by atoms with van der Waals surface area (Å²) in [5.41, 5.74) is 4.78. The average molecular weight is 288 g/mol. The van der Waals surface area contributed by atoms with Gasteiger partial charge >= 0.3 is 12.7 Å². The van der Waals surface area contributed by atoms with Crippen LogP contribution < -0.4 is 15.6 Å². The highest BCUT2D eigenvalue weighted by atomic mass is 19.3. The van der Waals surface area contributed by atoms with Crippen LogP contribution in [0.5, 0.6) is 5.75 Å². The number of ether oxygens (including phenoxy) is 2. The van der Waals surface area contributed by atoms with E-state index in [9.17, 15) is 13.6 Å². The van der Waals surface area contributed by atoms with E-state index in [1.54, 1.807) is 39.0 Å². The van der Waals surface area contributed by atoms with Crippen molar-refractivity contribution < 1.29 is 23.0 Å². The smallest absolute Gasteiger partial charge is 0.422 e. The number of hydrazine groups is 1. The Labute approximate surface area is 116 Å². The summed E-state index contributed by atoms with van der Waals surface area (Å²) >= 11 is 0. The number of hydrogen-bond donors (Lipinski definition) is 2. The molecule has 5 nitrogen and oxygen atoms in total. The van der Waals surface area contributed by atoms with Crippen LogP contribution in [0, 0.1) is 0 Å². The Balaban J connectivity index is 2.48. The summed E-state index contributed by atoms with van der Waals surface area (Å²) in [4.78, 5) is 11.4. The number of carbonyl (C=O) groups is 1. The number of carbonyl (C=O) groups excluding carboxylic acids is 1. The minimum atomic E-state index is -2.89. The van der Waals surface area contributed by atoms with Crippen molar-refractivity contribution in [3.63, 3.8) is 0 Å². The Hall–Kier alpha value is -1.89. The maximum atomic E-state index is 12.2. The molecule has 0 bridgehead atoms. The molecular weight excluding hydrogens is 270 g/mol. The summed E-state index contributed by atoms with van der Waals surface area (Å²) < 4.78 is 33.8. The monoisotopic (exact) mass is 288 g/mol. The highest BCUT2D eigenvalue weighted by Gasteiger charge is 2.16. The number of nitrogens with one attached hydrogen (secondary N) is 2. The molecule has 2 N–H and O–H groups in total. The Kier molecular flexibility index (Phi) is 5.69. The molecule has 0 atom stereocenters. The predicted octanol–water partition coefficient (Wildman–Crippen LogP) is 2.82. The van der Waals surface area contributed by atoms with Crippen molar-refractivity contribution >= 4 is 6.09 Å². The van der Waals surface area contributed by atoms with Gasteiger partial charge in [-0.3, -0.25) is 5.43 Å². The molecule has 0 unspecified atom stereocenters. The van der Waals surface area contributed by atoms with Gasteiger partial charge in [0.2, 0.25) is 0 Å². The summed E-state index contributed by atoms with van der Waals surface area (Å²) in [6.45, 7) is 2.44. The van der Waals surface area contributed by atoms with E-state index in [1.807, 2.05) is 0 Å². The number of para-hydroxylation sites is 1. The summed E-state index contributed by atoms with van der Waals surface area (Å²) in [5, 5.41) is 0. The minimum Gasteiger partial charge on any atom is -0.443 e. The molecular formula is C13H18F2N2O3. The van der Waals surface area contributed by atoms with Gasteiger partial charge in [0.05, 0.1) is 0 Å². The lowest BCUT2D eigenvalue weighted by molar-refractivity contribution is -0.0505. The number of rotatable bonds is 5. The molecule has 20 heavy (non-hydrogen) atoms. The van der Waals surface area contributed by atoms with Gasteiger partial charge in [-0.1, -0.05) is 18.2 Å². The Morgan fingerprint density at radius 2 is 1.95 bits per heavy atom. The molecule has 1 aromatic rings. The first-order valence-corrected chi connectivity index (χ1v) is 6.02. The van der Waals surface area contributed by atoms with Gasteiger partial charge in [0.1, 0.15) is 11.4 Å². The van der Waals surface area contributed by atoms with Gasteiger partial charge < -0.3 is 9.47 Å². The maximum absolute atomic E-state index is 12.2. The predicted molar refractivity (Wildman–Crippen MR) is 69.3 cm³/mol. The molecule has 0 saturated heterocycles. The summed E-state index contributed by atoms with van der Waals surface area (Å²) in [6.07, 6.45) is -0.648. The molecule has 1 amide bonds. The van der Waals surface area contributed by atoms with Crippen LogP contribution in [0.25, 0.3) is 0 Å². The molecule has 0 fully saturated rings. The van der Waals surface area contributed by atoms with E-state index < -0.39 is 18.3 Å². The van der Waals surface area contributed by atoms with E-state index in [2.05, 4.69) is 15.6 Å². The van der Waals surface area contributed by atoms with Crippen molar-refractivity contribution in [2.45, 2.75) is 39.5 Å². The second-order valence-corrected chi connectivity index (χ2v) is 4.97. The Bertz CT molecular complexity index is 447. The van der Waals surface area contributed by atoms with E-state index in [0.717, 1.165) is 0 Å². The van der Waals surface area contributed by atoms with Crippen LogP contribution >= 0.6 is 0 Å². The normalized spacial score (nSPS) is 11.3. The zero-order valence-corrected chi connectivity index (χ0v) is 11.6. The average Bonchev–Trinajstić information content (AvgIpc) is 2.28. The lowest BCUT2D eigenvalue weighted by Gasteiger charge is -2.20. The molecule has 0 aliphatic heterocycles. The zero-order valence-electron chi connectivity index (χ0n) is 11.6. The van der Waals surface area contributed by atoms with Crippen LogP contribution in [0.4, 0.5) is 13.6 Å². The quantitative estimate of drug-likeness (QED) is 0.818. The number of alkyl halides is 2. The standard InChI is InChI=1S/C13H18F2N2O3/c1-13(2,3)20-12(18)17-16-8-9-6-4-5-7-10(9)19-11(14)15/h4-7,11,16H,8H2,1-3H3,(H,17,18). The summed E-state index contributed by atoms with van der Waals surface area (Å²) in [6, 6.07) is 6.31. The molecule has 0 heterocycles. The second kappa shape index (κ2) is 7.04. The number of benzene rings is 1. The summed E-state index contributed by atoms with van der Waals surface area (Å²) in [7, 11) is 0. The Morgan fingerprint density at radius 1 is 1.30 bits per heavy atom. The largest absolute Gasteiger partial charge is 0.443 e. The fourth-order valence-corrected chi connectivity index (χ4v) is 1.38. The highest BCUT2D eigenvalue weighted by molar-refractivity contribution is 5.67. The van der Waals surface area contributed by atoms with Gasteiger partial charge in [0, 0.05) is 12.1 Å². The lowest BCUT2D eigenvalue weighted by Crippen LogP contribution is -2.40. The van der Waals surface area contributed by atoms with Crippen LogP contribution in [0.3, 0.4) is 0 Å². The molecule has 112 valence electrons. The van der Waals surface area contributed by atoms with Crippen LogP contribution in [0.1, 0.15) is 26.3 Å². The van der Waals surface area contributed by atoms with E-state index in [4.69, 9.17) is 4.74 Å². The maximum Gasteiger partial charge on any atom is 0.422 e. The van der Waals surface area contributed by atoms with Crippen LogP contribution in [-0.4, -0.2) is 18.3 Å². The topological polar surface area (TPSA) is 59.6 Å². The first-order chi connectivity index (χ1) is 9.28. The molecule has 0 aliphatic rings. The number of amides is 1. The first kappa shape index (κ1) is 16.2. The molecule has 0 aromatic heterocycles. The summed E-state index contributed by atoms with van der Waals surface area (Å²) in [5.74, 6) is 0.0565. The molecule has 1 rings (SSSR count). The fraction of sp³-hybridized carbons (Fsp3) is 0.462. The highest BCUT2D eigenvalue weighted by Crippen LogP contribution is 2.19. The Morgan fingerprint density at radius 3 is 2.55 bits per heavy atom. The van der Waals surface area contributed by atoms with Crippen molar-refractivity contribution in [3.8, 4) is 5.75 Å². The number of halogens is 2. The molecule has 7 heteroatoms. The second-order valence-electron chi connectivity index (χ2n) is 4.97. The van der Waals surface area contributed by atoms with Crippen molar-refractivity contribution in [2.24, 2.45) is 0 Å². The molecule has 0 aliphatic carbocycles. The van der Waals surface area contributed by atoms with E-state index in [-0.39, 0.29) is 12.3 Å². The van der Waals surface area contributed by atoms with E-state index >= 15 is 0 Å². The van der Waals surface area contributed by atoms with Crippen LogP contribution in [0.2, 0.25) is 0 Å². The molecule has 0 saturated carbocycles. The lowest BCUT2D eigenvalue weighted by atomic mass is 10.2. The zero-order chi connectivity index (χ0) is 15.2. The van der Waals surface area contributed by atoms with E-state index in [1.165, 1.54) is 6.07 Å². The van der Waals surface area contributed by atoms with Crippen molar-refractivity contribution in [2.75, 3.05) is 0 Å². The SMILES string of the molecule is CC(C)(C)OC(=O)NNCc1ccccc1OC(F)F. The van der Waals surface area contributed by atoms with Crippen molar-refractivity contribution in [1.29, 1.82) is 0 Å².